The molecule has 0 N–H and O–H groups in total. The third-order valence-corrected chi connectivity index (χ3v) is 6.47. The van der Waals surface area contributed by atoms with Gasteiger partial charge in [-0.05, 0) is 43.3 Å². The van der Waals surface area contributed by atoms with Gasteiger partial charge in [-0.25, -0.2) is 4.79 Å². The van der Waals surface area contributed by atoms with Gasteiger partial charge in [0.05, 0.1) is 24.8 Å². The Balaban J connectivity index is 1.46. The molecule has 2 aromatic carbocycles. The van der Waals surface area contributed by atoms with Crippen molar-refractivity contribution in [3.05, 3.63) is 64.7 Å². The lowest BCUT2D eigenvalue weighted by Crippen LogP contribution is -2.51. The number of fused-ring (bicyclic) bond motifs is 1. The average Bonchev–Trinajstić information content (AvgIpc) is 3.13. The van der Waals surface area contributed by atoms with Crippen molar-refractivity contribution in [3.63, 3.8) is 0 Å². The van der Waals surface area contributed by atoms with Gasteiger partial charge in [-0.3, -0.25) is 19.3 Å². The van der Waals surface area contributed by atoms with E-state index in [1.165, 1.54) is 13.2 Å². The Morgan fingerprint density at radius 1 is 0.971 bits per heavy atom. The number of amides is 3. The number of rotatable bonds is 7. The first-order valence-corrected chi connectivity index (χ1v) is 11.7. The van der Waals surface area contributed by atoms with Gasteiger partial charge in [0.15, 0.2) is 6.10 Å². The van der Waals surface area contributed by atoms with E-state index in [4.69, 9.17) is 9.47 Å². The van der Waals surface area contributed by atoms with Crippen molar-refractivity contribution >= 4 is 23.7 Å². The molecule has 2 aliphatic rings. The van der Waals surface area contributed by atoms with Crippen LogP contribution in [0.1, 0.15) is 50.5 Å². The Kier molecular flexibility index (Phi) is 7.16. The zero-order valence-corrected chi connectivity index (χ0v) is 20.2. The van der Waals surface area contributed by atoms with Crippen LogP contribution in [0.5, 0.6) is 5.75 Å². The van der Waals surface area contributed by atoms with Gasteiger partial charge in [0.25, 0.3) is 17.7 Å². The molecule has 4 rings (SSSR count). The second kappa shape index (κ2) is 10.3. The van der Waals surface area contributed by atoms with Crippen molar-refractivity contribution in [2.75, 3.05) is 39.8 Å². The number of hydrogen-bond donors (Lipinski definition) is 0. The lowest BCUT2D eigenvalue weighted by atomic mass is 10.1. The maximum atomic E-state index is 13.0. The zero-order valence-electron chi connectivity index (χ0n) is 20.2. The van der Waals surface area contributed by atoms with Crippen molar-refractivity contribution in [2.45, 2.75) is 26.5 Å². The molecule has 0 saturated carbocycles. The maximum absolute atomic E-state index is 13.0. The highest BCUT2D eigenvalue weighted by Gasteiger charge is 2.35. The van der Waals surface area contributed by atoms with Gasteiger partial charge in [-0.2, -0.15) is 0 Å². The molecule has 2 aromatic rings. The first-order valence-electron chi connectivity index (χ1n) is 11.7. The van der Waals surface area contributed by atoms with Crippen molar-refractivity contribution in [3.8, 4) is 5.75 Å². The molecule has 1 fully saturated rings. The monoisotopic (exact) mass is 479 g/mol. The molecule has 0 aliphatic carbocycles. The molecule has 35 heavy (non-hydrogen) atoms. The lowest BCUT2D eigenvalue weighted by Gasteiger charge is -2.35. The number of benzene rings is 2. The summed E-state index contributed by atoms with van der Waals surface area (Å²) in [6, 6.07) is 11.4. The maximum Gasteiger partial charge on any atom is 0.342 e. The van der Waals surface area contributed by atoms with Gasteiger partial charge in [-0.1, -0.05) is 25.1 Å². The summed E-state index contributed by atoms with van der Waals surface area (Å²) in [5.41, 5.74) is 1.40. The normalized spacial score (nSPS) is 16.8. The molecule has 0 radical (unpaired) electrons. The number of carbonyl (C=O) groups is 4. The van der Waals surface area contributed by atoms with E-state index in [1.54, 1.807) is 48.2 Å². The van der Waals surface area contributed by atoms with Gasteiger partial charge < -0.3 is 19.3 Å². The lowest BCUT2D eigenvalue weighted by molar-refractivity contribution is -0.141. The second-order valence-electron chi connectivity index (χ2n) is 8.58. The summed E-state index contributed by atoms with van der Waals surface area (Å²) in [5.74, 6) is -1.44. The smallest absolute Gasteiger partial charge is 0.342 e. The van der Waals surface area contributed by atoms with Crippen LogP contribution in [-0.2, 0) is 16.1 Å². The number of likely N-dealkylation sites (N-methyl/N-ethyl adjacent to an activating group) is 1. The topological polar surface area (TPSA) is 96.5 Å². The fraction of sp³-hybridized carbons (Fsp3) is 0.385. The zero-order chi connectivity index (χ0) is 25.1. The van der Waals surface area contributed by atoms with Gasteiger partial charge in [0.2, 0.25) is 0 Å². The van der Waals surface area contributed by atoms with Crippen molar-refractivity contribution in [1.82, 2.24) is 14.7 Å². The van der Waals surface area contributed by atoms with Crippen LogP contribution in [0.15, 0.2) is 42.5 Å². The van der Waals surface area contributed by atoms with E-state index in [9.17, 15) is 19.2 Å². The first-order chi connectivity index (χ1) is 16.8. The number of piperazine rings is 1. The molecule has 0 spiro atoms. The van der Waals surface area contributed by atoms with Crippen LogP contribution in [0, 0.1) is 0 Å². The van der Waals surface area contributed by atoms with E-state index < -0.39 is 12.1 Å². The van der Waals surface area contributed by atoms with Crippen LogP contribution >= 0.6 is 0 Å². The minimum Gasteiger partial charge on any atom is -0.496 e. The Morgan fingerprint density at radius 2 is 1.60 bits per heavy atom. The number of hydrogen-bond acceptors (Lipinski definition) is 7. The van der Waals surface area contributed by atoms with Crippen molar-refractivity contribution < 1.29 is 28.7 Å². The third-order valence-electron chi connectivity index (χ3n) is 6.47. The molecule has 1 saturated heterocycles. The van der Waals surface area contributed by atoms with Crippen LogP contribution in [0.3, 0.4) is 0 Å². The fourth-order valence-corrected chi connectivity index (χ4v) is 4.39. The highest BCUT2D eigenvalue weighted by atomic mass is 16.5. The molecule has 9 heteroatoms. The molecule has 2 aliphatic heterocycles. The number of carbonyl (C=O) groups excluding carboxylic acids is 4. The second-order valence-corrected chi connectivity index (χ2v) is 8.58. The van der Waals surface area contributed by atoms with Gasteiger partial charge >= 0.3 is 5.97 Å². The van der Waals surface area contributed by atoms with Crippen molar-refractivity contribution in [1.29, 1.82) is 0 Å². The number of ether oxygens (including phenoxy) is 2. The van der Waals surface area contributed by atoms with Crippen LogP contribution in [0.4, 0.5) is 0 Å². The fourth-order valence-electron chi connectivity index (χ4n) is 4.39. The summed E-state index contributed by atoms with van der Waals surface area (Å²) >= 11 is 0. The summed E-state index contributed by atoms with van der Waals surface area (Å²) in [4.78, 5) is 56.3. The summed E-state index contributed by atoms with van der Waals surface area (Å²) in [6.45, 7) is 7.32. The van der Waals surface area contributed by atoms with Crippen LogP contribution in [0.2, 0.25) is 0 Å². The minimum absolute atomic E-state index is 0.00713. The first kappa shape index (κ1) is 24.4. The summed E-state index contributed by atoms with van der Waals surface area (Å²) in [5, 5.41) is 0. The quantitative estimate of drug-likeness (QED) is 0.444. The summed E-state index contributed by atoms with van der Waals surface area (Å²) in [7, 11) is 1.43. The van der Waals surface area contributed by atoms with E-state index in [0.29, 0.717) is 29.8 Å². The molecule has 184 valence electrons. The molecule has 0 aromatic heterocycles. The van der Waals surface area contributed by atoms with Gasteiger partial charge in [0, 0.05) is 26.2 Å². The van der Waals surface area contributed by atoms with E-state index in [-0.39, 0.29) is 35.6 Å². The molecule has 2 heterocycles. The number of imide groups is 1. The molecule has 0 unspecified atom stereocenters. The number of esters is 1. The SMILES string of the molecule is CCN1CCN(C(=O)[C@H](C)OC(=O)c2cc(CN3C(=O)c4ccccc4C3=O)ccc2OC)CC1. The van der Waals surface area contributed by atoms with Crippen molar-refractivity contribution in [2.24, 2.45) is 0 Å². The molecular weight excluding hydrogens is 450 g/mol. The Bertz CT molecular complexity index is 1120. The highest BCUT2D eigenvalue weighted by Crippen LogP contribution is 2.27. The van der Waals surface area contributed by atoms with Gasteiger partial charge in [-0.15, -0.1) is 0 Å². The number of methoxy groups -OCH3 is 1. The Hall–Kier alpha value is -3.72. The molecule has 3 amide bonds. The predicted molar refractivity (Wildman–Crippen MR) is 127 cm³/mol. The van der Waals surface area contributed by atoms with E-state index in [2.05, 4.69) is 11.8 Å². The molecule has 1 atom stereocenters. The van der Waals surface area contributed by atoms with E-state index >= 15 is 0 Å². The Morgan fingerprint density at radius 3 is 2.17 bits per heavy atom. The summed E-state index contributed by atoms with van der Waals surface area (Å²) < 4.78 is 10.8. The third kappa shape index (κ3) is 4.90. The molecule has 0 bridgehead atoms. The van der Waals surface area contributed by atoms with Gasteiger partial charge in [0.1, 0.15) is 11.3 Å². The molecular formula is C26H29N3O6. The predicted octanol–water partition coefficient (Wildman–Crippen LogP) is 2.20. The van der Waals surface area contributed by atoms with E-state index in [1.807, 2.05) is 0 Å². The van der Waals surface area contributed by atoms with Crippen LogP contribution in [-0.4, -0.2) is 84.3 Å². The highest BCUT2D eigenvalue weighted by molar-refractivity contribution is 6.21. The average molecular weight is 480 g/mol. The standard InChI is InChI=1S/C26H29N3O6/c1-4-27-11-13-28(14-12-27)23(30)17(2)35-26(33)21-15-18(9-10-22(21)34-3)16-29-24(31)19-7-5-6-8-20(19)25(29)32/h5-10,15,17H,4,11-14,16H2,1-3H3/t17-/m0/s1. The van der Waals surface area contributed by atoms with E-state index in [0.717, 1.165) is 24.5 Å². The summed E-state index contributed by atoms with van der Waals surface area (Å²) in [6.07, 6.45) is -0.958. The van der Waals surface area contributed by atoms with Crippen LogP contribution in [0.25, 0.3) is 0 Å². The van der Waals surface area contributed by atoms with Crippen LogP contribution < -0.4 is 4.74 Å². The largest absolute Gasteiger partial charge is 0.496 e. The number of nitrogens with zero attached hydrogens (tertiary/aromatic N) is 3. The Labute approximate surface area is 204 Å². The minimum atomic E-state index is -0.958. The molecule has 9 nitrogen and oxygen atoms in total.